The van der Waals surface area contributed by atoms with Crippen molar-refractivity contribution in [3.8, 4) is 44.5 Å². The van der Waals surface area contributed by atoms with Gasteiger partial charge in [0.15, 0.2) is 0 Å². The molecule has 0 heterocycles. The number of halogens is 2. The summed E-state index contributed by atoms with van der Waals surface area (Å²) in [5.41, 5.74) is 15.8. The van der Waals surface area contributed by atoms with Crippen molar-refractivity contribution in [2.24, 2.45) is 0 Å². The maximum atomic E-state index is 3.06. The van der Waals surface area contributed by atoms with Crippen molar-refractivity contribution in [2.75, 3.05) is 0 Å². The van der Waals surface area contributed by atoms with E-state index in [9.17, 15) is 0 Å². The zero-order valence-corrected chi connectivity index (χ0v) is 57.3. The molecule has 0 saturated carbocycles. The van der Waals surface area contributed by atoms with Gasteiger partial charge < -0.3 is 39.7 Å². The predicted molar refractivity (Wildman–Crippen MR) is 398 cm³/mol. The summed E-state index contributed by atoms with van der Waals surface area (Å²) >= 11 is 1.36. The smallest absolute Gasteiger partial charge is 0.0107 e. The van der Waals surface area contributed by atoms with Gasteiger partial charge in [0.1, 0.15) is 0 Å². The van der Waals surface area contributed by atoms with Crippen LogP contribution >= 0.6 is 0 Å². The van der Waals surface area contributed by atoms with E-state index in [2.05, 4.69) is 334 Å². The zero-order valence-electron chi connectivity index (χ0n) is 52.3. The molecule has 0 fully saturated rings. The predicted octanol–water partition coefficient (Wildman–Crippen LogP) is 18.7. The van der Waals surface area contributed by atoms with Crippen molar-refractivity contribution in [3.63, 3.8) is 0 Å². The van der Waals surface area contributed by atoms with Crippen LogP contribution in [-0.2, 0) is 36.2 Å². The van der Waals surface area contributed by atoms with Crippen LogP contribution in [0.3, 0.4) is 0 Å². The Morgan fingerprint density at radius 3 is 0.670 bits per heavy atom. The van der Waals surface area contributed by atoms with Crippen LogP contribution in [0.2, 0.25) is 0 Å². The molecule has 0 amide bonds. The summed E-state index contributed by atoms with van der Waals surface area (Å²) in [6, 6.07) is 121. The van der Waals surface area contributed by atoms with Crippen LogP contribution in [0.4, 0.5) is 0 Å². The monoisotopic (exact) mass is 1330 g/mol. The molecule has 0 atom stereocenters. The van der Waals surface area contributed by atoms with E-state index in [4.69, 9.17) is 0 Å². The summed E-state index contributed by atoms with van der Waals surface area (Å²) < 4.78 is 0. The third kappa shape index (κ3) is 11.7. The molecule has 0 spiro atoms. The summed E-state index contributed by atoms with van der Waals surface area (Å²) in [5, 5.41) is 25.8. The van der Waals surface area contributed by atoms with E-state index in [1.807, 2.05) is 0 Å². The number of hydrogen-bond acceptors (Lipinski definition) is 0. The molecule has 94 heavy (non-hydrogen) atoms. The van der Waals surface area contributed by atoms with Crippen LogP contribution in [0, 0.1) is 14.9 Å². The molecule has 2 radical (unpaired) electrons. The van der Waals surface area contributed by atoms with Crippen LogP contribution < -0.4 is 24.8 Å². The van der Waals surface area contributed by atoms with E-state index in [0.717, 1.165) is 12.8 Å². The normalized spacial score (nSPS) is 11.0. The third-order valence-corrected chi connectivity index (χ3v) is 18.6. The molecule has 0 nitrogen and oxygen atoms in total. The SMILES string of the molecule is [CH3-].[CH3-].[Cl-].[Cl-].[Si]=[Zr].c1ccc(Cc2cc3c(-c4c5ccccc5cc5ccccc45)ccc(-c4c5ccccc5cc5ccccc45)c3[cH-]2)cc1.c1ccc(Cc2cc3c(-c4c5ccccc5cc5ccccc45)ccc(-c4c5ccccc5cc5ccccc45)c3[cH-]2)cc1. The number of benzene rings is 16. The molecule has 0 aromatic heterocycles. The van der Waals surface area contributed by atoms with Gasteiger partial charge in [-0.3, -0.25) is 0 Å². The van der Waals surface area contributed by atoms with Gasteiger partial charge in [-0.25, -0.2) is 0 Å². The van der Waals surface area contributed by atoms with Crippen molar-refractivity contribution < 1.29 is 48.1 Å². The molecule has 18 aromatic carbocycles. The molecule has 0 aliphatic heterocycles. The number of fused-ring (bicyclic) bond motifs is 10. The van der Waals surface area contributed by atoms with Crippen LogP contribution in [0.5, 0.6) is 0 Å². The summed E-state index contributed by atoms with van der Waals surface area (Å²) in [6.45, 7) is 3.06. The standard InChI is InChI=1S/2C44H29.2CH3.2ClH.Si.Zr/c2*1-2-12-29(13-3-1)24-30-25-41-39(43-35-18-8-4-14-31(35)27-32-15-5-9-19-36(32)43)22-23-40(42(41)26-30)44-37-20-10-6-16-33(37)28-34-17-7-11-21-38(34)44;;;;;;/h2*1-23,25-28H,24H2;2*1H3;2*1H;;/q4*-1;;;;/p-2. The van der Waals surface area contributed by atoms with E-state index in [-0.39, 0.29) is 39.7 Å². The number of rotatable bonds is 8. The number of hydrogen-bond donors (Lipinski definition) is 0. The Labute approximate surface area is 579 Å². The molecular formula is C90H64Cl2SiZr-6. The topological polar surface area (TPSA) is 0 Å². The summed E-state index contributed by atoms with van der Waals surface area (Å²) in [5.74, 6) is 0. The van der Waals surface area contributed by atoms with Crippen LogP contribution in [0.25, 0.3) is 152 Å². The van der Waals surface area contributed by atoms with Gasteiger partial charge in [-0.2, -0.15) is 12.1 Å². The molecule has 18 rings (SSSR count). The Kier molecular flexibility index (Phi) is 19.2. The summed E-state index contributed by atoms with van der Waals surface area (Å²) in [4.78, 5) is 0. The third-order valence-electron chi connectivity index (χ3n) is 18.6. The Bertz CT molecular complexity index is 4900. The fourth-order valence-electron chi connectivity index (χ4n) is 14.7. The minimum Gasteiger partial charge on any atom is -0.164 e. The quantitative estimate of drug-likeness (QED) is 0.0808. The van der Waals surface area contributed by atoms with Crippen molar-refractivity contribution in [1.29, 1.82) is 0 Å². The van der Waals surface area contributed by atoms with E-state index in [1.165, 1.54) is 198 Å². The molecule has 0 N–H and O–H groups in total. The first-order chi connectivity index (χ1) is 44.6. The van der Waals surface area contributed by atoms with Crippen LogP contribution in [0.15, 0.2) is 328 Å². The minimum absolute atomic E-state index is 0. The van der Waals surface area contributed by atoms with Crippen molar-refractivity contribution in [2.45, 2.75) is 12.8 Å². The second-order valence-corrected chi connectivity index (χ2v) is 23.8. The minimum atomic E-state index is 0. The first kappa shape index (κ1) is 64.6. The van der Waals surface area contributed by atoms with E-state index in [1.54, 1.807) is 0 Å². The Morgan fingerprint density at radius 2 is 0.426 bits per heavy atom. The van der Waals surface area contributed by atoms with Gasteiger partial charge in [0.25, 0.3) is 0 Å². The van der Waals surface area contributed by atoms with Crippen molar-refractivity contribution in [1.82, 2.24) is 0 Å². The molecule has 0 saturated heterocycles. The van der Waals surface area contributed by atoms with Gasteiger partial charge in [-0.1, -0.05) is 301 Å². The second kappa shape index (κ2) is 28.0. The van der Waals surface area contributed by atoms with Crippen LogP contribution in [-0.4, -0.2) is 6.88 Å². The van der Waals surface area contributed by atoms with Gasteiger partial charge in [-0.15, -0.1) is 44.8 Å². The second-order valence-electron chi connectivity index (χ2n) is 23.8. The molecule has 0 aliphatic rings. The van der Waals surface area contributed by atoms with Crippen molar-refractivity contribution in [3.05, 3.63) is 365 Å². The van der Waals surface area contributed by atoms with Crippen molar-refractivity contribution >= 4 is 115 Å². The first-order valence-corrected chi connectivity index (χ1v) is 35.2. The molecule has 0 unspecified atom stereocenters. The van der Waals surface area contributed by atoms with E-state index >= 15 is 0 Å². The largest absolute Gasteiger partial charge is 0.164 e. The van der Waals surface area contributed by atoms with Gasteiger partial charge in [-0.05, 0) is 157 Å². The average molecular weight is 1340 g/mol. The Balaban J connectivity index is 0.000000169. The fraction of sp³-hybridized carbons (Fsp3) is 0.0222. The fourth-order valence-corrected chi connectivity index (χ4v) is 14.7. The Morgan fingerprint density at radius 1 is 0.223 bits per heavy atom. The van der Waals surface area contributed by atoms with E-state index < -0.39 is 0 Å². The molecule has 4 heteroatoms. The molecule has 0 aliphatic carbocycles. The zero-order chi connectivity index (χ0) is 60.1. The van der Waals surface area contributed by atoms with Gasteiger partial charge in [0, 0.05) is 0 Å². The van der Waals surface area contributed by atoms with Gasteiger partial charge in [0.05, 0.1) is 0 Å². The summed E-state index contributed by atoms with van der Waals surface area (Å²) in [7, 11) is 0. The molecule has 18 aromatic rings. The molecule has 452 valence electrons. The average Bonchev–Trinajstić information content (AvgIpc) is 1.53. The van der Waals surface area contributed by atoms with Gasteiger partial charge >= 0.3 is 30.2 Å². The molecular weight excluding hydrogens is 1270 g/mol. The maximum Gasteiger partial charge on any atom is -0.0107 e. The van der Waals surface area contributed by atoms with Gasteiger partial charge in [0.2, 0.25) is 0 Å². The first-order valence-electron chi connectivity index (χ1n) is 31.0. The Hall–Kier alpha value is -9.50. The summed E-state index contributed by atoms with van der Waals surface area (Å²) in [6.07, 6.45) is 1.81. The van der Waals surface area contributed by atoms with E-state index in [0.29, 0.717) is 0 Å². The maximum absolute atomic E-state index is 3.06. The van der Waals surface area contributed by atoms with Crippen LogP contribution in [0.1, 0.15) is 22.3 Å². The molecule has 0 bridgehead atoms.